The number of ether oxygens (including phenoxy) is 3. The molecule has 0 saturated carbocycles. The van der Waals surface area contributed by atoms with Gasteiger partial charge in [-0.15, -0.1) is 0 Å². The molecule has 2 aromatic heterocycles. The van der Waals surface area contributed by atoms with Crippen LogP contribution >= 0.6 is 11.8 Å². The van der Waals surface area contributed by atoms with Gasteiger partial charge in [-0.1, -0.05) is 23.9 Å². The number of alkyl halides is 3. The van der Waals surface area contributed by atoms with Gasteiger partial charge in [0.15, 0.2) is 5.79 Å². The molecule has 1 saturated heterocycles. The fourth-order valence-corrected chi connectivity index (χ4v) is 5.56. The van der Waals surface area contributed by atoms with Gasteiger partial charge in [0.1, 0.15) is 52.8 Å². The third-order valence-electron chi connectivity index (χ3n) is 6.76. The number of hydrogen-bond acceptors (Lipinski definition) is 10. The third-order valence-corrected chi connectivity index (χ3v) is 7.75. The van der Waals surface area contributed by atoms with Crippen LogP contribution in [0.5, 0.6) is 5.75 Å². The SMILES string of the molecule is Cc1oc(-c2ccc(C(F)(F)F)cc2)nc1CSc1nc(N)c(C#N)c(-c2ccc(OC[C@H]3COC(C)(C)O3)cc2)c1C#N. The summed E-state index contributed by atoms with van der Waals surface area (Å²) in [4.78, 5) is 8.78. The summed E-state index contributed by atoms with van der Waals surface area (Å²) in [5, 5.41) is 20.3. The van der Waals surface area contributed by atoms with Crippen LogP contribution in [0.3, 0.4) is 0 Å². The fraction of sp³-hybridized carbons (Fsp3) is 0.290. The summed E-state index contributed by atoms with van der Waals surface area (Å²) >= 11 is 1.18. The van der Waals surface area contributed by atoms with E-state index < -0.39 is 17.5 Å². The number of pyridine rings is 1. The Kier molecular flexibility index (Phi) is 8.57. The topological polar surface area (TPSA) is 140 Å². The molecule has 0 aliphatic carbocycles. The van der Waals surface area contributed by atoms with Crippen molar-refractivity contribution in [3.63, 3.8) is 0 Å². The Bertz CT molecular complexity index is 1760. The molecule has 1 fully saturated rings. The monoisotopic (exact) mass is 621 g/mol. The maximum atomic E-state index is 12.9. The standard InChI is InChI=1S/C31H26F3N5O4S/c1-17-25(38-28(42-17)19-4-8-20(9-5-19)31(32,33)34)16-44-29-24(13-36)26(23(12-35)27(37)39-29)18-6-10-21(11-7-18)40-14-22-15-41-30(2,3)43-22/h4-11,22H,14-16H2,1-3H3,(H2,37,39)/t22-/m0/s1. The first kappa shape index (κ1) is 30.9. The first-order chi connectivity index (χ1) is 20.9. The quantitative estimate of drug-likeness (QED) is 0.207. The van der Waals surface area contributed by atoms with Crippen LogP contribution in [0.4, 0.5) is 19.0 Å². The second-order valence-corrected chi connectivity index (χ2v) is 11.3. The molecule has 44 heavy (non-hydrogen) atoms. The normalized spacial score (nSPS) is 16.0. The minimum atomic E-state index is -4.45. The number of aromatic nitrogens is 2. The van der Waals surface area contributed by atoms with Gasteiger partial charge in [-0.25, -0.2) is 9.97 Å². The number of halogens is 3. The molecule has 9 nitrogen and oxygen atoms in total. The van der Waals surface area contributed by atoms with Crippen molar-refractivity contribution in [2.45, 2.75) is 49.6 Å². The summed E-state index contributed by atoms with van der Waals surface area (Å²) in [7, 11) is 0. The van der Waals surface area contributed by atoms with E-state index in [1.807, 2.05) is 13.8 Å². The lowest BCUT2D eigenvalue weighted by molar-refractivity contribution is -0.141. The molecule has 5 rings (SSSR count). The predicted molar refractivity (Wildman–Crippen MR) is 155 cm³/mol. The number of nitrogens with two attached hydrogens (primary N) is 1. The number of nitriles is 2. The Morgan fingerprint density at radius 3 is 2.27 bits per heavy atom. The van der Waals surface area contributed by atoms with Crippen molar-refractivity contribution in [2.24, 2.45) is 0 Å². The van der Waals surface area contributed by atoms with E-state index in [4.69, 9.17) is 24.4 Å². The van der Waals surface area contributed by atoms with Crippen LogP contribution in [0.15, 0.2) is 58.0 Å². The van der Waals surface area contributed by atoms with Gasteiger partial charge in [0.2, 0.25) is 5.89 Å². The highest BCUT2D eigenvalue weighted by molar-refractivity contribution is 7.98. The molecule has 0 radical (unpaired) electrons. The average Bonchev–Trinajstić information content (AvgIpc) is 3.54. The highest BCUT2D eigenvalue weighted by atomic mass is 32.2. The van der Waals surface area contributed by atoms with Crippen molar-refractivity contribution in [3.05, 3.63) is 76.7 Å². The minimum absolute atomic E-state index is 0.0346. The Morgan fingerprint density at radius 2 is 1.68 bits per heavy atom. The summed E-state index contributed by atoms with van der Waals surface area (Å²) in [5.41, 5.74) is 7.44. The molecule has 13 heteroatoms. The molecule has 2 aromatic carbocycles. The zero-order valence-electron chi connectivity index (χ0n) is 23.9. The molecule has 0 unspecified atom stereocenters. The summed E-state index contributed by atoms with van der Waals surface area (Å²) in [5.74, 6) is 0.726. The number of aryl methyl sites for hydroxylation is 1. The average molecular weight is 622 g/mol. The van der Waals surface area contributed by atoms with Gasteiger partial charge in [-0.05, 0) is 62.7 Å². The zero-order chi connectivity index (χ0) is 31.6. The largest absolute Gasteiger partial charge is 0.491 e. The molecule has 0 amide bonds. The van der Waals surface area contributed by atoms with Crippen molar-refractivity contribution in [1.29, 1.82) is 10.5 Å². The van der Waals surface area contributed by atoms with Crippen LogP contribution in [-0.4, -0.2) is 35.1 Å². The number of anilines is 1. The van der Waals surface area contributed by atoms with E-state index in [2.05, 4.69) is 22.1 Å². The number of nitrogens with zero attached hydrogens (tertiary/aromatic N) is 4. The second-order valence-electron chi connectivity index (χ2n) is 10.3. The Morgan fingerprint density at radius 1 is 1.02 bits per heavy atom. The number of rotatable bonds is 8. The first-order valence-electron chi connectivity index (χ1n) is 13.3. The van der Waals surface area contributed by atoms with E-state index in [1.165, 1.54) is 23.9 Å². The van der Waals surface area contributed by atoms with Crippen molar-refractivity contribution in [2.75, 3.05) is 18.9 Å². The molecular weight excluding hydrogens is 595 g/mol. The van der Waals surface area contributed by atoms with Crippen LogP contribution in [0.25, 0.3) is 22.6 Å². The lowest BCUT2D eigenvalue weighted by Gasteiger charge is -2.17. The highest BCUT2D eigenvalue weighted by Crippen LogP contribution is 2.38. The van der Waals surface area contributed by atoms with Crippen LogP contribution in [0.1, 0.15) is 42.0 Å². The van der Waals surface area contributed by atoms with Crippen LogP contribution in [-0.2, 0) is 21.4 Å². The second kappa shape index (κ2) is 12.2. The fourth-order valence-electron chi connectivity index (χ4n) is 4.57. The number of thioether (sulfide) groups is 1. The third kappa shape index (κ3) is 6.65. The molecule has 1 atom stereocenters. The number of nitrogen functional groups attached to an aromatic ring is 1. The van der Waals surface area contributed by atoms with Crippen molar-refractivity contribution in [1.82, 2.24) is 9.97 Å². The molecule has 1 aliphatic heterocycles. The summed E-state index contributed by atoms with van der Waals surface area (Å²) in [6.45, 7) is 6.07. The first-order valence-corrected chi connectivity index (χ1v) is 14.3. The van der Waals surface area contributed by atoms with Crippen LogP contribution in [0, 0.1) is 29.6 Å². The van der Waals surface area contributed by atoms with E-state index in [0.717, 1.165) is 12.1 Å². The number of benzene rings is 2. The molecule has 1 aliphatic rings. The molecule has 2 N–H and O–H groups in total. The Balaban J connectivity index is 1.36. The van der Waals surface area contributed by atoms with E-state index in [0.29, 0.717) is 52.1 Å². The van der Waals surface area contributed by atoms with Gasteiger partial charge < -0.3 is 24.4 Å². The minimum Gasteiger partial charge on any atom is -0.491 e. The van der Waals surface area contributed by atoms with Gasteiger partial charge in [-0.3, -0.25) is 0 Å². The van der Waals surface area contributed by atoms with Crippen molar-refractivity contribution >= 4 is 17.6 Å². The summed E-state index contributed by atoms with van der Waals surface area (Å²) in [6, 6.07) is 15.6. The maximum absolute atomic E-state index is 12.9. The zero-order valence-corrected chi connectivity index (χ0v) is 24.7. The lowest BCUT2D eigenvalue weighted by atomic mass is 9.97. The van der Waals surface area contributed by atoms with E-state index in [9.17, 15) is 23.7 Å². The van der Waals surface area contributed by atoms with E-state index in [-0.39, 0.29) is 34.7 Å². The van der Waals surface area contributed by atoms with Crippen LogP contribution < -0.4 is 10.5 Å². The molecule has 0 bridgehead atoms. The van der Waals surface area contributed by atoms with Gasteiger partial charge in [-0.2, -0.15) is 23.7 Å². The smallest absolute Gasteiger partial charge is 0.416 e. The van der Waals surface area contributed by atoms with Gasteiger partial charge in [0.05, 0.1) is 23.4 Å². The van der Waals surface area contributed by atoms with Crippen molar-refractivity contribution < 1.29 is 31.8 Å². The predicted octanol–water partition coefficient (Wildman–Crippen LogP) is 6.88. The van der Waals surface area contributed by atoms with E-state index >= 15 is 0 Å². The van der Waals surface area contributed by atoms with Crippen LogP contribution in [0.2, 0.25) is 0 Å². The number of oxazole rings is 1. The Hall–Kier alpha value is -4.56. The molecule has 4 aromatic rings. The van der Waals surface area contributed by atoms with Gasteiger partial charge in [0, 0.05) is 16.9 Å². The number of hydrogen-bond donors (Lipinski definition) is 1. The molecule has 3 heterocycles. The highest BCUT2D eigenvalue weighted by Gasteiger charge is 2.33. The molecular formula is C31H26F3N5O4S. The molecule has 226 valence electrons. The molecule has 0 spiro atoms. The lowest BCUT2D eigenvalue weighted by Crippen LogP contribution is -2.25. The Labute approximate surface area is 255 Å². The van der Waals surface area contributed by atoms with Crippen molar-refractivity contribution in [3.8, 4) is 40.5 Å². The van der Waals surface area contributed by atoms with Gasteiger partial charge >= 0.3 is 6.18 Å². The maximum Gasteiger partial charge on any atom is 0.416 e. The van der Waals surface area contributed by atoms with E-state index in [1.54, 1.807) is 31.2 Å². The summed E-state index contributed by atoms with van der Waals surface area (Å²) < 4.78 is 61.7. The summed E-state index contributed by atoms with van der Waals surface area (Å²) in [6.07, 6.45) is -4.66. The van der Waals surface area contributed by atoms with Gasteiger partial charge in [0.25, 0.3) is 0 Å².